The van der Waals surface area contributed by atoms with Crippen LogP contribution in [0.1, 0.15) is 24.2 Å². The van der Waals surface area contributed by atoms with Crippen LogP contribution in [0.2, 0.25) is 5.02 Å². The lowest BCUT2D eigenvalue weighted by atomic mass is 10.2. The number of halogens is 1. The van der Waals surface area contributed by atoms with Crippen molar-refractivity contribution in [3.8, 4) is 0 Å². The van der Waals surface area contributed by atoms with Crippen LogP contribution in [0.25, 0.3) is 0 Å². The zero-order valence-electron chi connectivity index (χ0n) is 11.3. The van der Waals surface area contributed by atoms with Crippen LogP contribution in [0, 0.1) is 0 Å². The van der Waals surface area contributed by atoms with Gasteiger partial charge in [-0.05, 0) is 18.2 Å². The summed E-state index contributed by atoms with van der Waals surface area (Å²) in [4.78, 5) is 15.5. The van der Waals surface area contributed by atoms with E-state index in [2.05, 4.69) is 19.2 Å². The smallest absolute Gasteiger partial charge is 0.255 e. The standard InChI is InChI=1S/C14H19ClN2OS/c1-10(2)19-13-4-3-11(15)9-12(13)14(18)17-7-5-16-6-8-17/h3-4,9-10,16H,5-8H2,1-2H3. The number of hydrogen-bond donors (Lipinski definition) is 1. The van der Waals surface area contributed by atoms with Crippen LogP contribution in [-0.4, -0.2) is 42.2 Å². The maximum atomic E-state index is 12.6. The number of piperazine rings is 1. The molecule has 0 unspecified atom stereocenters. The molecule has 1 N–H and O–H groups in total. The quantitative estimate of drug-likeness (QED) is 0.871. The van der Waals surface area contributed by atoms with Crippen molar-refractivity contribution in [3.63, 3.8) is 0 Å². The topological polar surface area (TPSA) is 32.3 Å². The third kappa shape index (κ3) is 3.88. The number of nitrogens with one attached hydrogen (secondary N) is 1. The van der Waals surface area contributed by atoms with Gasteiger partial charge in [0.15, 0.2) is 0 Å². The monoisotopic (exact) mass is 298 g/mol. The van der Waals surface area contributed by atoms with Crippen LogP contribution in [0.4, 0.5) is 0 Å². The molecule has 0 spiro atoms. The molecule has 1 aromatic carbocycles. The van der Waals surface area contributed by atoms with Crippen LogP contribution >= 0.6 is 23.4 Å². The Morgan fingerprint density at radius 2 is 2.05 bits per heavy atom. The Morgan fingerprint density at radius 3 is 2.68 bits per heavy atom. The maximum absolute atomic E-state index is 12.6. The molecule has 1 heterocycles. The summed E-state index contributed by atoms with van der Waals surface area (Å²) >= 11 is 7.75. The van der Waals surface area contributed by atoms with E-state index in [1.165, 1.54) is 0 Å². The summed E-state index contributed by atoms with van der Waals surface area (Å²) in [5.41, 5.74) is 0.730. The molecule has 1 aliphatic rings. The second kappa shape index (κ2) is 6.64. The fourth-order valence-corrected chi connectivity index (χ4v) is 3.16. The normalized spacial score (nSPS) is 15.9. The molecule has 0 radical (unpaired) electrons. The van der Waals surface area contributed by atoms with Gasteiger partial charge in [0.05, 0.1) is 5.56 Å². The number of nitrogens with zero attached hydrogens (tertiary/aromatic N) is 1. The SMILES string of the molecule is CC(C)Sc1ccc(Cl)cc1C(=O)N1CCNCC1. The van der Waals surface area contributed by atoms with Gasteiger partial charge in [0, 0.05) is 41.3 Å². The Kier molecular flexibility index (Phi) is 5.13. The van der Waals surface area contributed by atoms with E-state index in [9.17, 15) is 4.79 Å². The Morgan fingerprint density at radius 1 is 1.37 bits per heavy atom. The fourth-order valence-electron chi connectivity index (χ4n) is 2.06. The van der Waals surface area contributed by atoms with Gasteiger partial charge in [0.2, 0.25) is 0 Å². The number of benzene rings is 1. The second-order valence-corrected chi connectivity index (χ2v) is 6.90. The number of rotatable bonds is 3. The zero-order chi connectivity index (χ0) is 13.8. The van der Waals surface area contributed by atoms with E-state index in [1.54, 1.807) is 17.8 Å². The zero-order valence-corrected chi connectivity index (χ0v) is 12.9. The predicted octanol–water partition coefficient (Wildman–Crippen LogP) is 2.89. The summed E-state index contributed by atoms with van der Waals surface area (Å²) in [6.45, 7) is 7.49. The minimum Gasteiger partial charge on any atom is -0.336 e. The second-order valence-electron chi connectivity index (χ2n) is 4.85. The molecular formula is C14H19ClN2OS. The number of amides is 1. The van der Waals surface area contributed by atoms with E-state index in [1.807, 2.05) is 17.0 Å². The van der Waals surface area contributed by atoms with Gasteiger partial charge in [-0.1, -0.05) is 25.4 Å². The Bertz CT molecular complexity index is 459. The van der Waals surface area contributed by atoms with Crippen LogP contribution < -0.4 is 5.32 Å². The van der Waals surface area contributed by atoms with Gasteiger partial charge >= 0.3 is 0 Å². The molecule has 1 aliphatic heterocycles. The van der Waals surface area contributed by atoms with Crippen molar-refractivity contribution in [2.24, 2.45) is 0 Å². The van der Waals surface area contributed by atoms with Crippen molar-refractivity contribution in [2.75, 3.05) is 26.2 Å². The van der Waals surface area contributed by atoms with Crippen LogP contribution in [0.3, 0.4) is 0 Å². The number of carbonyl (C=O) groups excluding carboxylic acids is 1. The molecule has 2 rings (SSSR count). The van der Waals surface area contributed by atoms with Crippen molar-refractivity contribution in [1.29, 1.82) is 0 Å². The van der Waals surface area contributed by atoms with E-state index >= 15 is 0 Å². The summed E-state index contributed by atoms with van der Waals surface area (Å²) in [6, 6.07) is 5.58. The van der Waals surface area contributed by atoms with Gasteiger partial charge in [-0.2, -0.15) is 0 Å². The van der Waals surface area contributed by atoms with Gasteiger partial charge in [-0.25, -0.2) is 0 Å². The molecule has 1 amide bonds. The molecule has 19 heavy (non-hydrogen) atoms. The Labute approximate surface area is 123 Å². The highest BCUT2D eigenvalue weighted by molar-refractivity contribution is 8.00. The average molecular weight is 299 g/mol. The minimum absolute atomic E-state index is 0.0900. The molecule has 0 saturated carbocycles. The molecule has 1 aromatic rings. The number of carbonyl (C=O) groups is 1. The highest BCUT2D eigenvalue weighted by Gasteiger charge is 2.21. The lowest BCUT2D eigenvalue weighted by Gasteiger charge is -2.28. The summed E-state index contributed by atoms with van der Waals surface area (Å²) in [6.07, 6.45) is 0. The lowest BCUT2D eigenvalue weighted by molar-refractivity contribution is 0.0732. The molecule has 0 atom stereocenters. The molecule has 0 aliphatic carbocycles. The number of thioether (sulfide) groups is 1. The van der Waals surface area contributed by atoms with Crippen molar-refractivity contribution in [3.05, 3.63) is 28.8 Å². The van der Waals surface area contributed by atoms with Gasteiger partial charge in [-0.15, -0.1) is 11.8 Å². The first-order chi connectivity index (χ1) is 9.08. The molecule has 1 fully saturated rings. The third-order valence-electron chi connectivity index (χ3n) is 2.94. The van der Waals surface area contributed by atoms with Gasteiger partial charge in [0.1, 0.15) is 0 Å². The molecule has 0 bridgehead atoms. The first-order valence-electron chi connectivity index (χ1n) is 6.54. The van der Waals surface area contributed by atoms with Gasteiger partial charge in [-0.3, -0.25) is 4.79 Å². The fraction of sp³-hybridized carbons (Fsp3) is 0.500. The summed E-state index contributed by atoms with van der Waals surface area (Å²) in [7, 11) is 0. The van der Waals surface area contributed by atoms with Gasteiger partial charge in [0.25, 0.3) is 5.91 Å². The van der Waals surface area contributed by atoms with Crippen LogP contribution in [0.15, 0.2) is 23.1 Å². The molecule has 5 heteroatoms. The minimum atomic E-state index is 0.0900. The maximum Gasteiger partial charge on any atom is 0.255 e. The molecule has 104 valence electrons. The third-order valence-corrected chi connectivity index (χ3v) is 4.26. The molecule has 3 nitrogen and oxygen atoms in total. The highest BCUT2D eigenvalue weighted by Crippen LogP contribution is 2.29. The first kappa shape index (κ1) is 14.7. The molecule has 0 aromatic heterocycles. The molecular weight excluding hydrogens is 280 g/mol. The van der Waals surface area contributed by atoms with Crippen molar-refractivity contribution in [2.45, 2.75) is 24.0 Å². The van der Waals surface area contributed by atoms with E-state index in [4.69, 9.17) is 11.6 Å². The van der Waals surface area contributed by atoms with Crippen molar-refractivity contribution >= 4 is 29.3 Å². The van der Waals surface area contributed by atoms with Crippen LogP contribution in [0.5, 0.6) is 0 Å². The van der Waals surface area contributed by atoms with Crippen molar-refractivity contribution in [1.82, 2.24) is 10.2 Å². The number of hydrogen-bond acceptors (Lipinski definition) is 3. The largest absolute Gasteiger partial charge is 0.336 e. The van der Waals surface area contributed by atoms with E-state index in [0.29, 0.717) is 10.3 Å². The molecule has 1 saturated heterocycles. The Hall–Kier alpha value is -0.710. The average Bonchev–Trinajstić information content (AvgIpc) is 2.40. The summed E-state index contributed by atoms with van der Waals surface area (Å²) in [5.74, 6) is 0.0900. The van der Waals surface area contributed by atoms with E-state index < -0.39 is 0 Å². The highest BCUT2D eigenvalue weighted by atomic mass is 35.5. The van der Waals surface area contributed by atoms with Crippen molar-refractivity contribution < 1.29 is 4.79 Å². The van der Waals surface area contributed by atoms with Gasteiger partial charge < -0.3 is 10.2 Å². The Balaban J connectivity index is 2.25. The van der Waals surface area contributed by atoms with Crippen LogP contribution in [-0.2, 0) is 0 Å². The predicted molar refractivity (Wildman–Crippen MR) is 81.2 cm³/mol. The summed E-state index contributed by atoms with van der Waals surface area (Å²) in [5, 5.41) is 4.31. The lowest BCUT2D eigenvalue weighted by Crippen LogP contribution is -2.46. The van der Waals surface area contributed by atoms with E-state index in [0.717, 1.165) is 36.6 Å². The summed E-state index contributed by atoms with van der Waals surface area (Å²) < 4.78 is 0. The first-order valence-corrected chi connectivity index (χ1v) is 7.80. The van der Waals surface area contributed by atoms with E-state index in [-0.39, 0.29) is 5.91 Å².